The molecule has 0 spiro atoms. The smallest absolute Gasteiger partial charge is 0.274 e. The number of hydrogen-bond acceptors (Lipinski definition) is 2. The average molecular weight is 257 g/mol. The quantitative estimate of drug-likeness (QED) is 0.827. The topological polar surface area (TPSA) is 49.0 Å². The minimum absolute atomic E-state index is 0.109. The summed E-state index contributed by atoms with van der Waals surface area (Å²) in [5.74, 6) is 2.06. The van der Waals surface area contributed by atoms with Gasteiger partial charge in [-0.15, -0.1) is 0 Å². The largest absolute Gasteiger partial charge is 0.337 e. The lowest BCUT2D eigenvalue weighted by atomic mass is 9.86. The number of carbonyl (C=O) groups is 1. The summed E-state index contributed by atoms with van der Waals surface area (Å²) in [7, 11) is 0. The number of likely N-dealkylation sites (tertiary alicyclic amines) is 1. The van der Waals surface area contributed by atoms with E-state index in [1.54, 1.807) is 0 Å². The Labute approximate surface area is 112 Å². The van der Waals surface area contributed by atoms with Crippen LogP contribution < -0.4 is 0 Å². The second-order valence-electron chi connectivity index (χ2n) is 6.16. The Morgan fingerprint density at radius 2 is 1.89 bits per heavy atom. The van der Waals surface area contributed by atoms with Gasteiger partial charge in [0.15, 0.2) is 0 Å². The highest BCUT2D eigenvalue weighted by Gasteiger charge is 2.36. The summed E-state index contributed by atoms with van der Waals surface area (Å²) in [5.41, 5.74) is 1.75. The van der Waals surface area contributed by atoms with Crippen LogP contribution in [0, 0.1) is 11.8 Å². The van der Waals surface area contributed by atoms with E-state index in [4.69, 9.17) is 0 Å². The summed E-state index contributed by atoms with van der Waals surface area (Å²) >= 11 is 0. The summed E-state index contributed by atoms with van der Waals surface area (Å²) < 4.78 is 0. The molecule has 4 nitrogen and oxygen atoms in total. The highest BCUT2D eigenvalue weighted by Crippen LogP contribution is 2.39. The molecule has 0 aromatic carbocycles. The van der Waals surface area contributed by atoms with Gasteiger partial charge in [-0.2, -0.15) is 5.10 Å². The highest BCUT2D eigenvalue weighted by molar-refractivity contribution is 5.92. The molecule has 0 radical (unpaired) electrons. The molecule has 1 aromatic heterocycles. The fraction of sp³-hybridized carbons (Fsp3) is 0.600. The maximum Gasteiger partial charge on any atom is 0.274 e. The molecular weight excluding hydrogens is 238 g/mol. The number of hydrogen-bond donors (Lipinski definition) is 1. The zero-order valence-electron chi connectivity index (χ0n) is 11.0. The normalized spacial score (nSPS) is 29.6. The lowest BCUT2D eigenvalue weighted by Gasteiger charge is -2.17. The summed E-state index contributed by atoms with van der Waals surface area (Å²) in [5, 5.41) is 7.23. The third-order valence-electron chi connectivity index (χ3n) is 4.74. The first-order chi connectivity index (χ1) is 9.31. The van der Waals surface area contributed by atoms with E-state index in [1.165, 1.54) is 12.8 Å². The molecule has 19 heavy (non-hydrogen) atoms. The third-order valence-corrected chi connectivity index (χ3v) is 4.74. The van der Waals surface area contributed by atoms with E-state index in [0.717, 1.165) is 31.6 Å². The minimum Gasteiger partial charge on any atom is -0.337 e. The lowest BCUT2D eigenvalue weighted by molar-refractivity contribution is 0.0778. The maximum atomic E-state index is 12.5. The Kier molecular flexibility index (Phi) is 2.50. The molecule has 2 aliphatic carbocycles. The predicted octanol–water partition coefficient (Wildman–Crippen LogP) is 2.33. The zero-order valence-corrected chi connectivity index (χ0v) is 11.0. The summed E-state index contributed by atoms with van der Waals surface area (Å²) in [6.45, 7) is 1.80. The van der Waals surface area contributed by atoms with Gasteiger partial charge in [0.2, 0.25) is 0 Å². The first-order valence-electron chi connectivity index (χ1n) is 7.31. The van der Waals surface area contributed by atoms with E-state index < -0.39 is 0 Å². The van der Waals surface area contributed by atoms with Gasteiger partial charge in [0.25, 0.3) is 5.91 Å². The third kappa shape index (κ3) is 1.99. The average Bonchev–Trinajstić information content (AvgIpc) is 3.03. The number of carbonyl (C=O) groups excluding carboxylic acids is 1. The van der Waals surface area contributed by atoms with Crippen LogP contribution in [0.2, 0.25) is 0 Å². The Morgan fingerprint density at radius 1 is 1.21 bits per heavy atom. The van der Waals surface area contributed by atoms with Crippen molar-refractivity contribution in [2.45, 2.75) is 31.6 Å². The van der Waals surface area contributed by atoms with Gasteiger partial charge in [-0.1, -0.05) is 12.2 Å². The van der Waals surface area contributed by atoms with E-state index in [1.807, 2.05) is 11.0 Å². The standard InChI is InChI=1S/C15H19N3O/c19-15(14-7-13(16-17-14)10-5-6-10)18-8-11-3-1-2-4-12(11)9-18/h1-2,7,10-12H,3-6,8-9H2,(H,16,17)/t11-,12+. The Morgan fingerprint density at radius 3 is 2.53 bits per heavy atom. The molecule has 1 aromatic rings. The first kappa shape index (κ1) is 11.3. The molecule has 0 unspecified atom stereocenters. The van der Waals surface area contributed by atoms with E-state index in [0.29, 0.717) is 23.4 Å². The summed E-state index contributed by atoms with van der Waals surface area (Å²) in [6, 6.07) is 1.96. The molecule has 100 valence electrons. The zero-order chi connectivity index (χ0) is 12.8. The van der Waals surface area contributed by atoms with Gasteiger partial charge >= 0.3 is 0 Å². The SMILES string of the molecule is O=C(c1cc(C2CC2)[nH]n1)N1C[C@H]2CC=CC[C@H]2C1. The molecule has 4 rings (SSSR count). The van der Waals surface area contributed by atoms with Crippen LogP contribution in [0.4, 0.5) is 0 Å². The molecule has 2 fully saturated rings. The van der Waals surface area contributed by atoms with Crippen molar-refractivity contribution >= 4 is 5.91 Å². The van der Waals surface area contributed by atoms with Gasteiger partial charge in [0, 0.05) is 24.7 Å². The number of allylic oxidation sites excluding steroid dienone is 2. The molecule has 1 saturated carbocycles. The van der Waals surface area contributed by atoms with Gasteiger partial charge < -0.3 is 4.90 Å². The number of nitrogens with one attached hydrogen (secondary N) is 1. The van der Waals surface area contributed by atoms with Crippen LogP contribution in [0.3, 0.4) is 0 Å². The molecule has 2 atom stereocenters. The van der Waals surface area contributed by atoms with Crippen LogP contribution in [-0.2, 0) is 0 Å². The molecule has 2 heterocycles. The Hall–Kier alpha value is -1.58. The van der Waals surface area contributed by atoms with Crippen LogP contribution in [0.15, 0.2) is 18.2 Å². The van der Waals surface area contributed by atoms with Crippen molar-refractivity contribution in [3.63, 3.8) is 0 Å². The fourth-order valence-corrected chi connectivity index (χ4v) is 3.39. The van der Waals surface area contributed by atoms with Gasteiger partial charge in [0.05, 0.1) is 0 Å². The van der Waals surface area contributed by atoms with Crippen molar-refractivity contribution in [3.05, 3.63) is 29.6 Å². The molecule has 3 aliphatic rings. The molecule has 1 saturated heterocycles. The van der Waals surface area contributed by atoms with Crippen LogP contribution in [-0.4, -0.2) is 34.1 Å². The number of aromatic amines is 1. The molecule has 1 amide bonds. The monoisotopic (exact) mass is 257 g/mol. The molecule has 4 heteroatoms. The first-order valence-corrected chi connectivity index (χ1v) is 7.31. The number of H-pyrrole nitrogens is 1. The molecule has 1 aliphatic heterocycles. The number of rotatable bonds is 2. The Balaban J connectivity index is 1.48. The highest BCUT2D eigenvalue weighted by atomic mass is 16.2. The summed E-state index contributed by atoms with van der Waals surface area (Å²) in [4.78, 5) is 14.5. The van der Waals surface area contributed by atoms with Crippen molar-refractivity contribution in [2.75, 3.05) is 13.1 Å². The van der Waals surface area contributed by atoms with E-state index >= 15 is 0 Å². The van der Waals surface area contributed by atoms with Gasteiger partial charge in [-0.25, -0.2) is 0 Å². The van der Waals surface area contributed by atoms with Gasteiger partial charge in [-0.3, -0.25) is 9.89 Å². The van der Waals surface area contributed by atoms with E-state index in [-0.39, 0.29) is 5.91 Å². The van der Waals surface area contributed by atoms with Crippen molar-refractivity contribution in [2.24, 2.45) is 11.8 Å². The number of fused-ring (bicyclic) bond motifs is 1. The van der Waals surface area contributed by atoms with Crippen LogP contribution >= 0.6 is 0 Å². The number of amides is 1. The fourth-order valence-electron chi connectivity index (χ4n) is 3.39. The van der Waals surface area contributed by atoms with Crippen molar-refractivity contribution < 1.29 is 4.79 Å². The van der Waals surface area contributed by atoms with Crippen LogP contribution in [0.25, 0.3) is 0 Å². The predicted molar refractivity (Wildman–Crippen MR) is 71.8 cm³/mol. The molecule has 0 bridgehead atoms. The minimum atomic E-state index is 0.109. The van der Waals surface area contributed by atoms with Crippen molar-refractivity contribution in [3.8, 4) is 0 Å². The van der Waals surface area contributed by atoms with Gasteiger partial charge in [0.1, 0.15) is 5.69 Å². The van der Waals surface area contributed by atoms with Crippen LogP contribution in [0.5, 0.6) is 0 Å². The van der Waals surface area contributed by atoms with Crippen molar-refractivity contribution in [1.29, 1.82) is 0 Å². The number of nitrogens with zero attached hydrogens (tertiary/aromatic N) is 2. The summed E-state index contributed by atoms with van der Waals surface area (Å²) in [6.07, 6.45) is 9.24. The lowest BCUT2D eigenvalue weighted by Crippen LogP contribution is -2.29. The molecule has 1 N–H and O–H groups in total. The Bertz CT molecular complexity index is 513. The van der Waals surface area contributed by atoms with E-state index in [9.17, 15) is 4.79 Å². The van der Waals surface area contributed by atoms with Crippen molar-refractivity contribution in [1.82, 2.24) is 15.1 Å². The second kappa shape index (κ2) is 4.22. The van der Waals surface area contributed by atoms with Crippen LogP contribution in [0.1, 0.15) is 47.8 Å². The van der Waals surface area contributed by atoms with E-state index in [2.05, 4.69) is 22.3 Å². The molecular formula is C15H19N3O. The second-order valence-corrected chi connectivity index (χ2v) is 6.16. The number of aromatic nitrogens is 2. The maximum absolute atomic E-state index is 12.5. The van der Waals surface area contributed by atoms with Gasteiger partial charge in [-0.05, 0) is 43.6 Å².